The van der Waals surface area contributed by atoms with Gasteiger partial charge in [0.25, 0.3) is 0 Å². The van der Waals surface area contributed by atoms with Gasteiger partial charge in [-0.15, -0.1) is 11.8 Å². The fourth-order valence-electron chi connectivity index (χ4n) is 1.84. The Bertz CT molecular complexity index is 462. The van der Waals surface area contributed by atoms with Crippen LogP contribution in [0, 0.1) is 6.92 Å². The maximum absolute atomic E-state index is 12.0. The van der Waals surface area contributed by atoms with Crippen molar-refractivity contribution in [2.45, 2.75) is 26.0 Å². The molecule has 0 fully saturated rings. The molecule has 1 aromatic rings. The number of aryl methyl sites for hydroxylation is 1. The van der Waals surface area contributed by atoms with E-state index in [9.17, 15) is 9.59 Å². The van der Waals surface area contributed by atoms with E-state index in [1.54, 1.807) is 16.7 Å². The lowest BCUT2D eigenvalue weighted by atomic mass is 10.2. The van der Waals surface area contributed by atoms with Gasteiger partial charge in [0.2, 0.25) is 5.91 Å². The predicted octanol–water partition coefficient (Wildman–Crippen LogP) is 2.55. The van der Waals surface area contributed by atoms with Crippen LogP contribution in [0.25, 0.3) is 0 Å². The third-order valence-electron chi connectivity index (χ3n) is 2.91. The standard InChI is InChI=1S/C15H21NO3S/c1-3-16(8-7-15(18)19)14(17)11-20-10-13-6-4-5-12(2)9-13/h4-6,9H,3,7-8,10-11H2,1-2H3,(H,18,19). The topological polar surface area (TPSA) is 57.6 Å². The predicted molar refractivity (Wildman–Crippen MR) is 81.8 cm³/mol. The second-order valence-electron chi connectivity index (χ2n) is 4.60. The Hall–Kier alpha value is -1.49. The summed E-state index contributed by atoms with van der Waals surface area (Å²) < 4.78 is 0. The maximum Gasteiger partial charge on any atom is 0.305 e. The lowest BCUT2D eigenvalue weighted by Crippen LogP contribution is -2.34. The molecule has 20 heavy (non-hydrogen) atoms. The van der Waals surface area contributed by atoms with E-state index in [1.165, 1.54) is 11.1 Å². The lowest BCUT2D eigenvalue weighted by Gasteiger charge is -2.19. The molecule has 4 nitrogen and oxygen atoms in total. The van der Waals surface area contributed by atoms with Crippen molar-refractivity contribution in [1.29, 1.82) is 0 Å². The first-order valence-corrected chi connectivity index (χ1v) is 7.81. The molecule has 110 valence electrons. The van der Waals surface area contributed by atoms with Gasteiger partial charge in [0.15, 0.2) is 0 Å². The number of carbonyl (C=O) groups is 2. The Morgan fingerprint density at radius 2 is 2.10 bits per heavy atom. The first-order chi connectivity index (χ1) is 9.52. The summed E-state index contributed by atoms with van der Waals surface area (Å²) in [5, 5.41) is 8.65. The zero-order chi connectivity index (χ0) is 15.0. The summed E-state index contributed by atoms with van der Waals surface area (Å²) in [4.78, 5) is 24.1. The molecule has 1 aromatic carbocycles. The summed E-state index contributed by atoms with van der Waals surface area (Å²) >= 11 is 1.56. The molecule has 0 spiro atoms. The maximum atomic E-state index is 12.0. The van der Waals surface area contributed by atoms with Gasteiger partial charge in [0.05, 0.1) is 12.2 Å². The zero-order valence-corrected chi connectivity index (χ0v) is 12.8. The highest BCUT2D eigenvalue weighted by atomic mass is 32.2. The fourth-order valence-corrected chi connectivity index (χ4v) is 2.71. The number of hydrogen-bond acceptors (Lipinski definition) is 3. The molecule has 0 aromatic heterocycles. The van der Waals surface area contributed by atoms with Gasteiger partial charge in [0, 0.05) is 18.8 Å². The molecule has 1 amide bonds. The third-order valence-corrected chi connectivity index (χ3v) is 3.90. The van der Waals surface area contributed by atoms with Crippen molar-refractivity contribution < 1.29 is 14.7 Å². The van der Waals surface area contributed by atoms with E-state index >= 15 is 0 Å². The van der Waals surface area contributed by atoms with Crippen LogP contribution in [0.5, 0.6) is 0 Å². The van der Waals surface area contributed by atoms with Crippen LogP contribution in [0.15, 0.2) is 24.3 Å². The van der Waals surface area contributed by atoms with Gasteiger partial charge in [0.1, 0.15) is 0 Å². The SMILES string of the molecule is CCN(CCC(=O)O)C(=O)CSCc1cccc(C)c1. The van der Waals surface area contributed by atoms with Crippen LogP contribution in [0.2, 0.25) is 0 Å². The summed E-state index contributed by atoms with van der Waals surface area (Å²) in [7, 11) is 0. The third kappa shape index (κ3) is 6.10. The summed E-state index contributed by atoms with van der Waals surface area (Å²) in [6, 6.07) is 8.22. The van der Waals surface area contributed by atoms with Crippen molar-refractivity contribution in [1.82, 2.24) is 4.90 Å². The fraction of sp³-hybridized carbons (Fsp3) is 0.467. The Kier molecular flexibility index (Phi) is 7.15. The van der Waals surface area contributed by atoms with Crippen molar-refractivity contribution in [3.63, 3.8) is 0 Å². The number of thioether (sulfide) groups is 1. The number of hydrogen-bond donors (Lipinski definition) is 1. The molecule has 1 N–H and O–H groups in total. The normalized spacial score (nSPS) is 10.3. The number of benzene rings is 1. The van der Waals surface area contributed by atoms with Crippen LogP contribution in [0.1, 0.15) is 24.5 Å². The van der Waals surface area contributed by atoms with Gasteiger partial charge in [-0.05, 0) is 19.4 Å². The molecular formula is C15H21NO3S. The minimum Gasteiger partial charge on any atom is -0.481 e. The highest BCUT2D eigenvalue weighted by Gasteiger charge is 2.12. The number of amides is 1. The van der Waals surface area contributed by atoms with Gasteiger partial charge in [-0.1, -0.05) is 29.8 Å². The number of carboxylic acid groups (broad SMARTS) is 1. The number of rotatable bonds is 8. The first-order valence-electron chi connectivity index (χ1n) is 6.65. The molecule has 0 radical (unpaired) electrons. The number of nitrogens with zero attached hydrogens (tertiary/aromatic N) is 1. The molecule has 0 unspecified atom stereocenters. The molecule has 0 saturated carbocycles. The number of aliphatic carboxylic acids is 1. The lowest BCUT2D eigenvalue weighted by molar-refractivity contribution is -0.138. The summed E-state index contributed by atoms with van der Waals surface area (Å²) in [5.74, 6) is 0.320. The van der Waals surface area contributed by atoms with Gasteiger partial charge in [-0.2, -0.15) is 0 Å². The van der Waals surface area contributed by atoms with E-state index in [1.807, 2.05) is 32.0 Å². The Balaban J connectivity index is 2.36. The average molecular weight is 295 g/mol. The van der Waals surface area contributed by atoms with Gasteiger partial charge in [-0.3, -0.25) is 9.59 Å². The molecule has 0 bridgehead atoms. The van der Waals surface area contributed by atoms with Crippen LogP contribution < -0.4 is 0 Å². The van der Waals surface area contributed by atoms with Crippen molar-refractivity contribution in [2.24, 2.45) is 0 Å². The molecule has 5 heteroatoms. The molecule has 0 aliphatic rings. The second kappa shape index (κ2) is 8.64. The summed E-state index contributed by atoms with van der Waals surface area (Å²) in [6.07, 6.45) is 0.00211. The first kappa shape index (κ1) is 16.6. The van der Waals surface area contributed by atoms with Crippen molar-refractivity contribution in [3.8, 4) is 0 Å². The Labute approximate surface area is 124 Å². The highest BCUT2D eigenvalue weighted by molar-refractivity contribution is 7.99. The van der Waals surface area contributed by atoms with E-state index in [-0.39, 0.29) is 18.9 Å². The van der Waals surface area contributed by atoms with Crippen LogP contribution >= 0.6 is 11.8 Å². The molecule has 1 rings (SSSR count). The molecule has 0 aliphatic heterocycles. The van der Waals surface area contributed by atoms with Crippen molar-refractivity contribution in [2.75, 3.05) is 18.8 Å². The van der Waals surface area contributed by atoms with Gasteiger partial charge >= 0.3 is 5.97 Å². The van der Waals surface area contributed by atoms with Gasteiger partial charge < -0.3 is 10.0 Å². The zero-order valence-electron chi connectivity index (χ0n) is 12.0. The van der Waals surface area contributed by atoms with Crippen LogP contribution in [-0.2, 0) is 15.3 Å². The highest BCUT2D eigenvalue weighted by Crippen LogP contribution is 2.14. The van der Waals surface area contributed by atoms with Crippen molar-refractivity contribution in [3.05, 3.63) is 35.4 Å². The minimum atomic E-state index is -0.872. The van der Waals surface area contributed by atoms with E-state index in [0.29, 0.717) is 12.3 Å². The van der Waals surface area contributed by atoms with E-state index in [4.69, 9.17) is 5.11 Å². The molecule has 0 aliphatic carbocycles. The van der Waals surface area contributed by atoms with E-state index < -0.39 is 5.97 Å². The van der Waals surface area contributed by atoms with E-state index in [2.05, 4.69) is 6.07 Å². The molecule has 0 heterocycles. The molecular weight excluding hydrogens is 274 g/mol. The Morgan fingerprint density at radius 1 is 1.35 bits per heavy atom. The number of carboxylic acids is 1. The van der Waals surface area contributed by atoms with Crippen LogP contribution in [0.4, 0.5) is 0 Å². The largest absolute Gasteiger partial charge is 0.481 e. The van der Waals surface area contributed by atoms with Crippen molar-refractivity contribution >= 4 is 23.6 Å². The second-order valence-corrected chi connectivity index (χ2v) is 5.58. The average Bonchev–Trinajstić information content (AvgIpc) is 2.39. The smallest absolute Gasteiger partial charge is 0.305 e. The van der Waals surface area contributed by atoms with Crippen LogP contribution in [0.3, 0.4) is 0 Å². The molecule has 0 atom stereocenters. The number of carbonyl (C=O) groups excluding carboxylic acids is 1. The monoisotopic (exact) mass is 295 g/mol. The van der Waals surface area contributed by atoms with E-state index in [0.717, 1.165) is 5.75 Å². The summed E-state index contributed by atoms with van der Waals surface area (Å²) in [6.45, 7) is 4.75. The van der Waals surface area contributed by atoms with Crippen LogP contribution in [-0.4, -0.2) is 40.7 Å². The minimum absolute atomic E-state index is 0.00211. The summed E-state index contributed by atoms with van der Waals surface area (Å²) in [5.41, 5.74) is 2.42. The Morgan fingerprint density at radius 3 is 2.70 bits per heavy atom. The quantitative estimate of drug-likeness (QED) is 0.801. The van der Waals surface area contributed by atoms with Gasteiger partial charge in [-0.25, -0.2) is 0 Å². The molecule has 0 saturated heterocycles.